The minimum atomic E-state index is -0.282. The van der Waals surface area contributed by atoms with E-state index in [9.17, 15) is 9.90 Å². The number of nitrogens with one attached hydrogen (secondary N) is 2. The summed E-state index contributed by atoms with van der Waals surface area (Å²) >= 11 is 4.68. The second-order valence-corrected chi connectivity index (χ2v) is 7.54. The van der Waals surface area contributed by atoms with Crippen molar-refractivity contribution >= 4 is 45.4 Å². The van der Waals surface area contributed by atoms with Gasteiger partial charge >= 0.3 is 0 Å². The molecule has 25 heavy (non-hydrogen) atoms. The fraction of sp³-hybridized carbons (Fsp3) is 0.167. The van der Waals surface area contributed by atoms with Crippen molar-refractivity contribution in [3.05, 3.63) is 56.9 Å². The number of carbonyl (C=O) groups excluding carboxylic acids is 1. The molecule has 3 rings (SSSR count). The summed E-state index contributed by atoms with van der Waals surface area (Å²) in [6, 6.07) is 10.9. The molecule has 2 aromatic carbocycles. The Hall–Kier alpha value is -2.12. The highest BCUT2D eigenvalue weighted by Gasteiger charge is 2.27. The van der Waals surface area contributed by atoms with Crippen molar-refractivity contribution in [1.82, 2.24) is 5.32 Å². The van der Waals surface area contributed by atoms with E-state index in [1.807, 2.05) is 25.1 Å². The fourth-order valence-corrected chi connectivity index (χ4v) is 3.78. The van der Waals surface area contributed by atoms with Crippen LogP contribution >= 0.6 is 27.7 Å². The lowest BCUT2D eigenvalue weighted by Gasteiger charge is -2.16. The second-order valence-electron chi connectivity index (χ2n) is 5.54. The highest BCUT2D eigenvalue weighted by molar-refractivity contribution is 9.10. The smallest absolute Gasteiger partial charge is 0.260 e. The molecule has 3 N–H and O–H groups in total. The fourth-order valence-electron chi connectivity index (χ4n) is 2.41. The number of halogens is 1. The topological polar surface area (TPSA) is 70.6 Å². The molecular formula is C18H17BrN2O3S. The summed E-state index contributed by atoms with van der Waals surface area (Å²) in [5.41, 5.74) is 2.47. The standard InChI is InChI=1S/C18H17BrN2O3S/c1-10-3-6-15(24-2)13(7-10)20-18-21-17(23)16(25-18)9-11-4-5-14(22)12(19)8-11/h3-9,18,20,22H,1-2H3,(H,21,23)/b16-9-. The van der Waals surface area contributed by atoms with E-state index in [4.69, 9.17) is 4.74 Å². The highest BCUT2D eigenvalue weighted by atomic mass is 79.9. The summed E-state index contributed by atoms with van der Waals surface area (Å²) < 4.78 is 5.94. The van der Waals surface area contributed by atoms with E-state index in [0.29, 0.717) is 9.38 Å². The molecule has 0 aliphatic carbocycles. The second kappa shape index (κ2) is 7.41. The predicted molar refractivity (Wildman–Crippen MR) is 105 cm³/mol. The van der Waals surface area contributed by atoms with Crippen molar-refractivity contribution in [3.8, 4) is 11.5 Å². The van der Waals surface area contributed by atoms with E-state index in [-0.39, 0.29) is 17.2 Å². The van der Waals surface area contributed by atoms with Crippen LogP contribution in [0.1, 0.15) is 11.1 Å². The molecule has 0 saturated carbocycles. The number of hydrogen-bond donors (Lipinski definition) is 3. The third-order valence-electron chi connectivity index (χ3n) is 3.64. The summed E-state index contributed by atoms with van der Waals surface area (Å²) in [5, 5.41) is 15.7. The monoisotopic (exact) mass is 420 g/mol. The average Bonchev–Trinajstić information content (AvgIpc) is 2.90. The van der Waals surface area contributed by atoms with Crippen molar-refractivity contribution in [3.63, 3.8) is 0 Å². The molecule has 1 fully saturated rings. The SMILES string of the molecule is COc1ccc(C)cc1NC1NC(=O)/C(=C/c2ccc(O)c(Br)c2)S1. The van der Waals surface area contributed by atoms with Gasteiger partial charge in [-0.1, -0.05) is 23.9 Å². The van der Waals surface area contributed by atoms with Crippen LogP contribution in [0.5, 0.6) is 11.5 Å². The predicted octanol–water partition coefficient (Wildman–Crippen LogP) is 4.07. The van der Waals surface area contributed by atoms with E-state index < -0.39 is 0 Å². The number of anilines is 1. The molecule has 2 aromatic rings. The Morgan fingerprint density at radius 1 is 1.32 bits per heavy atom. The van der Waals surface area contributed by atoms with E-state index in [0.717, 1.165) is 22.6 Å². The van der Waals surface area contributed by atoms with Gasteiger partial charge < -0.3 is 20.5 Å². The van der Waals surface area contributed by atoms with E-state index in [2.05, 4.69) is 26.6 Å². The first-order valence-electron chi connectivity index (χ1n) is 7.55. The molecule has 0 spiro atoms. The number of benzene rings is 2. The number of hydrogen-bond acceptors (Lipinski definition) is 5. The molecule has 1 heterocycles. The zero-order valence-corrected chi connectivity index (χ0v) is 16.1. The molecule has 0 bridgehead atoms. The Morgan fingerprint density at radius 3 is 2.84 bits per heavy atom. The molecule has 7 heteroatoms. The van der Waals surface area contributed by atoms with Crippen molar-refractivity contribution in [2.75, 3.05) is 12.4 Å². The number of rotatable bonds is 4. The molecule has 1 atom stereocenters. The third-order valence-corrected chi connectivity index (χ3v) is 5.31. The molecule has 130 valence electrons. The number of ether oxygens (including phenoxy) is 1. The third kappa shape index (κ3) is 4.11. The van der Waals surface area contributed by atoms with Gasteiger partial charge in [-0.05, 0) is 64.3 Å². The molecule has 1 saturated heterocycles. The maximum absolute atomic E-state index is 12.2. The van der Waals surface area contributed by atoms with Gasteiger partial charge in [0.2, 0.25) is 0 Å². The summed E-state index contributed by atoms with van der Waals surface area (Å²) in [7, 11) is 1.62. The number of phenolic OH excluding ortho intramolecular Hbond substituents is 1. The van der Waals surface area contributed by atoms with Crippen molar-refractivity contribution in [2.45, 2.75) is 12.4 Å². The lowest BCUT2D eigenvalue weighted by atomic mass is 10.2. The minimum absolute atomic E-state index is 0.140. The van der Waals surface area contributed by atoms with Gasteiger partial charge in [-0.15, -0.1) is 0 Å². The number of aromatic hydroxyl groups is 1. The first kappa shape index (κ1) is 17.7. The van der Waals surface area contributed by atoms with Crippen LogP contribution in [0, 0.1) is 6.92 Å². The normalized spacial score (nSPS) is 18.3. The number of phenols is 1. The Balaban J connectivity index is 1.77. The van der Waals surface area contributed by atoms with Crippen LogP contribution in [0.15, 0.2) is 45.8 Å². The van der Waals surface area contributed by atoms with E-state index in [1.165, 1.54) is 11.8 Å². The van der Waals surface area contributed by atoms with Gasteiger partial charge in [-0.3, -0.25) is 4.79 Å². The van der Waals surface area contributed by atoms with Gasteiger partial charge in [0, 0.05) is 0 Å². The lowest BCUT2D eigenvalue weighted by molar-refractivity contribution is -0.116. The zero-order valence-electron chi connectivity index (χ0n) is 13.7. The van der Waals surface area contributed by atoms with Crippen LogP contribution in [0.25, 0.3) is 6.08 Å². The van der Waals surface area contributed by atoms with Gasteiger partial charge in [0.1, 0.15) is 11.5 Å². The molecular weight excluding hydrogens is 404 g/mol. The average molecular weight is 421 g/mol. The number of thioether (sulfide) groups is 1. The Labute approximate surface area is 158 Å². The summed E-state index contributed by atoms with van der Waals surface area (Å²) in [4.78, 5) is 12.8. The highest BCUT2D eigenvalue weighted by Crippen LogP contribution is 2.34. The summed E-state index contributed by atoms with van der Waals surface area (Å²) in [5.74, 6) is 0.746. The molecule has 1 aliphatic heterocycles. The van der Waals surface area contributed by atoms with Crippen LogP contribution in [0.3, 0.4) is 0 Å². The van der Waals surface area contributed by atoms with Crippen molar-refractivity contribution in [1.29, 1.82) is 0 Å². The maximum atomic E-state index is 12.2. The van der Waals surface area contributed by atoms with Gasteiger partial charge in [0.25, 0.3) is 5.91 Å². The molecule has 1 unspecified atom stereocenters. The first-order chi connectivity index (χ1) is 12.0. The largest absolute Gasteiger partial charge is 0.507 e. The van der Waals surface area contributed by atoms with Crippen molar-refractivity contribution in [2.24, 2.45) is 0 Å². The van der Waals surface area contributed by atoms with Crippen LogP contribution in [0.4, 0.5) is 5.69 Å². The van der Waals surface area contributed by atoms with Gasteiger partial charge in [0.15, 0.2) is 5.50 Å². The van der Waals surface area contributed by atoms with Crippen molar-refractivity contribution < 1.29 is 14.6 Å². The molecule has 1 amide bonds. The zero-order chi connectivity index (χ0) is 18.0. The first-order valence-corrected chi connectivity index (χ1v) is 9.22. The van der Waals surface area contributed by atoms with Crippen LogP contribution in [0.2, 0.25) is 0 Å². The molecule has 5 nitrogen and oxygen atoms in total. The Kier molecular flexibility index (Phi) is 5.24. The minimum Gasteiger partial charge on any atom is -0.507 e. The van der Waals surface area contributed by atoms with Gasteiger partial charge in [-0.25, -0.2) is 0 Å². The molecule has 0 radical (unpaired) electrons. The van der Waals surface area contributed by atoms with Crippen LogP contribution in [-0.4, -0.2) is 23.6 Å². The Bertz CT molecular complexity index is 854. The lowest BCUT2D eigenvalue weighted by Crippen LogP contribution is -2.31. The summed E-state index contributed by atoms with van der Waals surface area (Å²) in [6.45, 7) is 2.00. The number of methoxy groups -OCH3 is 1. The van der Waals surface area contributed by atoms with Gasteiger partial charge in [-0.2, -0.15) is 0 Å². The van der Waals surface area contributed by atoms with Crippen LogP contribution < -0.4 is 15.4 Å². The van der Waals surface area contributed by atoms with E-state index >= 15 is 0 Å². The molecule has 0 aromatic heterocycles. The number of amides is 1. The number of carbonyl (C=O) groups is 1. The quantitative estimate of drug-likeness (QED) is 0.650. The molecule has 1 aliphatic rings. The maximum Gasteiger partial charge on any atom is 0.260 e. The summed E-state index contributed by atoms with van der Waals surface area (Å²) in [6.07, 6.45) is 1.79. The van der Waals surface area contributed by atoms with Gasteiger partial charge in [0.05, 0.1) is 22.2 Å². The number of aryl methyl sites for hydroxylation is 1. The van der Waals surface area contributed by atoms with Crippen LogP contribution in [-0.2, 0) is 4.79 Å². The Morgan fingerprint density at radius 2 is 2.12 bits per heavy atom. The van der Waals surface area contributed by atoms with E-state index in [1.54, 1.807) is 31.4 Å².